The molecule has 3 aromatic heterocycles. The van der Waals surface area contributed by atoms with Gasteiger partial charge in [0.1, 0.15) is 26.7 Å². The molecular formula is C18H20N3+3. The molecule has 3 heteroatoms. The second kappa shape index (κ2) is 5.44. The largest absolute Gasteiger partial charge is 0.218 e. The fraction of sp³-hybridized carbons (Fsp3) is 0.167. The van der Waals surface area contributed by atoms with E-state index in [1.54, 1.807) is 0 Å². The van der Waals surface area contributed by atoms with Gasteiger partial charge in [0.05, 0.1) is 5.56 Å². The lowest BCUT2D eigenvalue weighted by molar-refractivity contribution is -0.672. The van der Waals surface area contributed by atoms with Gasteiger partial charge in [-0.15, -0.1) is 0 Å². The van der Waals surface area contributed by atoms with Crippen molar-refractivity contribution in [2.45, 2.75) is 0 Å². The molecule has 0 N–H and O–H groups in total. The summed E-state index contributed by atoms with van der Waals surface area (Å²) in [5.41, 5.74) is 4.85. The van der Waals surface area contributed by atoms with Crippen molar-refractivity contribution < 1.29 is 13.7 Å². The summed E-state index contributed by atoms with van der Waals surface area (Å²) < 4.78 is 6.36. The standard InChI is InChI=1S/C18H20N3/c1-19-12-9-15(10-13-19)18-8-7-16(14-21(18)3)17-6-4-5-11-20(17)2/h4-14H,1-3H3/q+3. The zero-order chi connectivity index (χ0) is 14.8. The van der Waals surface area contributed by atoms with Crippen molar-refractivity contribution in [1.29, 1.82) is 0 Å². The Balaban J connectivity index is 2.04. The summed E-state index contributed by atoms with van der Waals surface area (Å²) in [6.07, 6.45) is 8.39. The van der Waals surface area contributed by atoms with Crippen LogP contribution in [0.5, 0.6) is 0 Å². The van der Waals surface area contributed by atoms with Crippen LogP contribution in [0.15, 0.2) is 67.3 Å². The normalized spacial score (nSPS) is 10.6. The third-order valence-electron chi connectivity index (χ3n) is 3.76. The minimum Gasteiger partial charge on any atom is -0.208 e. The van der Waals surface area contributed by atoms with Gasteiger partial charge in [0.25, 0.3) is 0 Å². The van der Waals surface area contributed by atoms with Gasteiger partial charge in [-0.2, -0.15) is 0 Å². The molecule has 3 aromatic rings. The average Bonchev–Trinajstić information content (AvgIpc) is 2.49. The molecule has 3 heterocycles. The van der Waals surface area contributed by atoms with Gasteiger partial charge in [0.2, 0.25) is 11.4 Å². The van der Waals surface area contributed by atoms with Crippen LogP contribution in [0.1, 0.15) is 0 Å². The van der Waals surface area contributed by atoms with Crippen LogP contribution in [0.3, 0.4) is 0 Å². The number of rotatable bonds is 2. The van der Waals surface area contributed by atoms with Gasteiger partial charge in [0.15, 0.2) is 24.8 Å². The third-order valence-corrected chi connectivity index (χ3v) is 3.76. The van der Waals surface area contributed by atoms with Gasteiger partial charge >= 0.3 is 0 Å². The first kappa shape index (κ1) is 13.4. The van der Waals surface area contributed by atoms with Crippen molar-refractivity contribution in [3.63, 3.8) is 0 Å². The molecule has 0 fully saturated rings. The van der Waals surface area contributed by atoms with Crippen molar-refractivity contribution in [3.05, 3.63) is 67.3 Å². The lowest BCUT2D eigenvalue weighted by Crippen LogP contribution is -2.34. The summed E-state index contributed by atoms with van der Waals surface area (Å²) in [7, 11) is 6.19. The molecule has 0 aliphatic rings. The van der Waals surface area contributed by atoms with E-state index in [1.807, 2.05) is 17.7 Å². The first-order valence-corrected chi connectivity index (χ1v) is 7.05. The fourth-order valence-corrected chi connectivity index (χ4v) is 2.55. The van der Waals surface area contributed by atoms with Gasteiger partial charge in [-0.1, -0.05) is 0 Å². The molecular weight excluding hydrogens is 258 g/mol. The highest BCUT2D eigenvalue weighted by Crippen LogP contribution is 2.18. The van der Waals surface area contributed by atoms with Crippen LogP contribution in [0.4, 0.5) is 0 Å². The number of pyridine rings is 3. The zero-order valence-corrected chi connectivity index (χ0v) is 12.7. The first-order chi connectivity index (χ1) is 10.1. The second-order valence-electron chi connectivity index (χ2n) is 5.36. The Hall–Kier alpha value is -2.55. The molecule has 0 atom stereocenters. The summed E-state index contributed by atoms with van der Waals surface area (Å²) in [4.78, 5) is 0. The lowest BCUT2D eigenvalue weighted by atomic mass is 10.1. The molecule has 0 saturated carbocycles. The van der Waals surface area contributed by atoms with E-state index in [0.29, 0.717) is 0 Å². The predicted octanol–water partition coefficient (Wildman–Crippen LogP) is 1.49. The van der Waals surface area contributed by atoms with Crippen LogP contribution in [0.2, 0.25) is 0 Å². The summed E-state index contributed by atoms with van der Waals surface area (Å²) in [6.45, 7) is 0. The van der Waals surface area contributed by atoms with Crippen LogP contribution >= 0.6 is 0 Å². The van der Waals surface area contributed by atoms with Crippen molar-refractivity contribution in [2.24, 2.45) is 21.1 Å². The minimum absolute atomic E-state index is 1.21. The number of hydrogen-bond donors (Lipinski definition) is 0. The van der Waals surface area contributed by atoms with Gasteiger partial charge in [-0.3, -0.25) is 0 Å². The Kier molecular flexibility index (Phi) is 3.48. The number of nitrogens with zero attached hydrogens (tertiary/aromatic N) is 3. The molecule has 0 amide bonds. The molecule has 0 bridgehead atoms. The van der Waals surface area contributed by atoms with Crippen molar-refractivity contribution >= 4 is 0 Å². The number of aromatic nitrogens is 3. The lowest BCUT2D eigenvalue weighted by Gasteiger charge is -2.02. The summed E-state index contributed by atoms with van der Waals surface area (Å²) in [5.74, 6) is 0. The van der Waals surface area contributed by atoms with E-state index in [-0.39, 0.29) is 0 Å². The van der Waals surface area contributed by atoms with Gasteiger partial charge < -0.3 is 0 Å². The summed E-state index contributed by atoms with van der Waals surface area (Å²) >= 11 is 0. The van der Waals surface area contributed by atoms with Gasteiger partial charge in [-0.25, -0.2) is 13.7 Å². The Labute approximate surface area is 125 Å². The molecule has 0 aliphatic heterocycles. The van der Waals surface area contributed by atoms with E-state index < -0.39 is 0 Å². The van der Waals surface area contributed by atoms with Crippen LogP contribution < -0.4 is 13.7 Å². The quantitative estimate of drug-likeness (QED) is 0.630. The van der Waals surface area contributed by atoms with Crippen LogP contribution in [-0.4, -0.2) is 0 Å². The second-order valence-corrected chi connectivity index (χ2v) is 5.36. The monoisotopic (exact) mass is 278 g/mol. The predicted molar refractivity (Wildman–Crippen MR) is 80.8 cm³/mol. The molecule has 0 saturated heterocycles. The Morgan fingerprint density at radius 3 is 2.00 bits per heavy atom. The smallest absolute Gasteiger partial charge is 0.208 e. The maximum absolute atomic E-state index is 2.18. The van der Waals surface area contributed by atoms with Crippen LogP contribution in [0.25, 0.3) is 22.5 Å². The zero-order valence-electron chi connectivity index (χ0n) is 12.7. The maximum atomic E-state index is 2.18. The van der Waals surface area contributed by atoms with E-state index >= 15 is 0 Å². The maximum Gasteiger partial charge on any atom is 0.218 e. The first-order valence-electron chi connectivity index (χ1n) is 7.05. The molecule has 0 radical (unpaired) electrons. The number of aryl methyl sites for hydroxylation is 3. The molecule has 0 spiro atoms. The molecule has 0 aliphatic carbocycles. The summed E-state index contributed by atoms with van der Waals surface area (Å²) in [6, 6.07) is 14.9. The van der Waals surface area contributed by atoms with Crippen molar-refractivity contribution in [3.8, 4) is 22.5 Å². The fourth-order valence-electron chi connectivity index (χ4n) is 2.55. The van der Waals surface area contributed by atoms with E-state index in [2.05, 4.69) is 84.4 Å². The highest BCUT2D eigenvalue weighted by molar-refractivity contribution is 5.59. The molecule has 104 valence electrons. The molecule has 3 nitrogen and oxygen atoms in total. The highest BCUT2D eigenvalue weighted by Gasteiger charge is 2.16. The van der Waals surface area contributed by atoms with Crippen LogP contribution in [0, 0.1) is 0 Å². The highest BCUT2D eigenvalue weighted by atomic mass is 14.9. The van der Waals surface area contributed by atoms with Gasteiger partial charge in [-0.05, 0) is 12.1 Å². The Morgan fingerprint density at radius 2 is 1.33 bits per heavy atom. The minimum atomic E-state index is 1.21. The molecule has 0 unspecified atom stereocenters. The molecule has 21 heavy (non-hydrogen) atoms. The van der Waals surface area contributed by atoms with Crippen molar-refractivity contribution in [1.82, 2.24) is 0 Å². The topological polar surface area (TPSA) is 11.6 Å². The Bertz CT molecular complexity index is 777. The third kappa shape index (κ3) is 2.68. The van der Waals surface area contributed by atoms with E-state index in [0.717, 1.165) is 0 Å². The molecule has 0 aromatic carbocycles. The van der Waals surface area contributed by atoms with Crippen molar-refractivity contribution in [2.75, 3.05) is 0 Å². The Morgan fingerprint density at radius 1 is 0.619 bits per heavy atom. The van der Waals surface area contributed by atoms with E-state index in [9.17, 15) is 0 Å². The average molecular weight is 278 g/mol. The van der Waals surface area contributed by atoms with E-state index in [1.165, 1.54) is 22.5 Å². The van der Waals surface area contributed by atoms with Crippen LogP contribution in [-0.2, 0) is 21.1 Å². The summed E-state index contributed by atoms with van der Waals surface area (Å²) in [5, 5.41) is 0. The molecule has 3 rings (SSSR count). The van der Waals surface area contributed by atoms with E-state index in [4.69, 9.17) is 0 Å². The van der Waals surface area contributed by atoms with Gasteiger partial charge in [0, 0.05) is 30.3 Å². The number of hydrogen-bond acceptors (Lipinski definition) is 0. The SMILES string of the molecule is C[n+]1ccc(-c2ccc(-c3cccc[n+]3C)c[n+]2C)cc1.